The van der Waals surface area contributed by atoms with E-state index in [2.05, 4.69) is 29.1 Å². The molecule has 2 rings (SSSR count). The Morgan fingerprint density at radius 2 is 1.85 bits per heavy atom. The third-order valence-electron chi connectivity index (χ3n) is 5.67. The van der Waals surface area contributed by atoms with Crippen LogP contribution in [0.2, 0.25) is 0 Å². The molecule has 152 valence electrons. The van der Waals surface area contributed by atoms with Crippen LogP contribution in [0.15, 0.2) is 17.1 Å². The van der Waals surface area contributed by atoms with Crippen LogP contribution in [0.25, 0.3) is 0 Å². The number of methoxy groups -OCH3 is 3. The lowest BCUT2D eigenvalue weighted by Crippen LogP contribution is -2.40. The number of nitrogens with one attached hydrogen (secondary N) is 1. The zero-order chi connectivity index (χ0) is 19.8. The number of nitrogens with zero attached hydrogens (tertiary/aromatic N) is 2. The normalized spacial score (nSPS) is 17.4. The molecule has 1 aliphatic heterocycles. The van der Waals surface area contributed by atoms with E-state index in [4.69, 9.17) is 14.2 Å². The zero-order valence-electron chi connectivity index (χ0n) is 17.7. The van der Waals surface area contributed by atoms with Crippen LogP contribution in [-0.4, -0.2) is 52.3 Å². The van der Waals surface area contributed by atoms with Crippen LogP contribution in [0, 0.1) is 11.8 Å². The summed E-state index contributed by atoms with van der Waals surface area (Å²) in [6, 6.07) is 3.90. The minimum atomic E-state index is 0.613. The summed E-state index contributed by atoms with van der Waals surface area (Å²) in [6.45, 7) is 7.35. The summed E-state index contributed by atoms with van der Waals surface area (Å²) in [5, 5.41) is 3.49. The lowest BCUT2D eigenvalue weighted by atomic mass is 9.87. The molecule has 1 atom stereocenters. The lowest BCUT2D eigenvalue weighted by molar-refractivity contribution is 0.318. The Morgan fingerprint density at radius 1 is 1.15 bits per heavy atom. The van der Waals surface area contributed by atoms with Gasteiger partial charge in [0.15, 0.2) is 17.5 Å². The molecule has 0 saturated carbocycles. The van der Waals surface area contributed by atoms with Crippen molar-refractivity contribution in [1.82, 2.24) is 10.2 Å². The van der Waals surface area contributed by atoms with Gasteiger partial charge >= 0.3 is 0 Å². The van der Waals surface area contributed by atoms with Gasteiger partial charge in [-0.3, -0.25) is 4.99 Å². The van der Waals surface area contributed by atoms with E-state index in [0.29, 0.717) is 23.8 Å². The standard InChI is InChI=1S/C21H35N3O3/c1-7-15(8-2)17-11-12-24(14-17)21(22-3)23-13-16-9-10-18(25-4)20(27-6)19(16)26-5/h9-10,15,17H,7-8,11-14H2,1-6H3,(H,22,23). The second kappa shape index (κ2) is 10.3. The van der Waals surface area contributed by atoms with Crippen LogP contribution in [0.5, 0.6) is 17.2 Å². The summed E-state index contributed by atoms with van der Waals surface area (Å²) in [7, 11) is 6.74. The summed E-state index contributed by atoms with van der Waals surface area (Å²) in [6.07, 6.45) is 3.75. The van der Waals surface area contributed by atoms with E-state index < -0.39 is 0 Å². The minimum Gasteiger partial charge on any atom is -0.493 e. The van der Waals surface area contributed by atoms with Gasteiger partial charge in [-0.1, -0.05) is 26.7 Å². The Labute approximate surface area is 163 Å². The predicted molar refractivity (Wildman–Crippen MR) is 110 cm³/mol. The molecule has 6 nitrogen and oxygen atoms in total. The third kappa shape index (κ3) is 4.79. The van der Waals surface area contributed by atoms with Crippen molar-refractivity contribution in [3.63, 3.8) is 0 Å². The molecule has 1 saturated heterocycles. The molecular weight excluding hydrogens is 342 g/mol. The number of benzene rings is 1. The molecule has 1 unspecified atom stereocenters. The molecule has 1 aromatic carbocycles. The van der Waals surface area contributed by atoms with Gasteiger partial charge < -0.3 is 24.4 Å². The van der Waals surface area contributed by atoms with Gasteiger partial charge in [-0.25, -0.2) is 0 Å². The summed E-state index contributed by atoms with van der Waals surface area (Å²) in [5.41, 5.74) is 1.01. The third-order valence-corrected chi connectivity index (χ3v) is 5.67. The fourth-order valence-electron chi connectivity index (χ4n) is 4.13. The van der Waals surface area contributed by atoms with Gasteiger partial charge in [-0.2, -0.15) is 0 Å². The first-order valence-corrected chi connectivity index (χ1v) is 9.86. The molecule has 0 bridgehead atoms. The Hall–Kier alpha value is -2.11. The Morgan fingerprint density at radius 3 is 2.41 bits per heavy atom. The molecular formula is C21H35N3O3. The summed E-state index contributed by atoms with van der Waals surface area (Å²) in [4.78, 5) is 6.87. The average molecular weight is 378 g/mol. The second-order valence-corrected chi connectivity index (χ2v) is 6.97. The van der Waals surface area contributed by atoms with E-state index in [0.717, 1.165) is 36.4 Å². The molecule has 1 aromatic rings. The number of hydrogen-bond acceptors (Lipinski definition) is 4. The van der Waals surface area contributed by atoms with Gasteiger partial charge in [-0.05, 0) is 30.4 Å². The van der Waals surface area contributed by atoms with Crippen molar-refractivity contribution in [2.75, 3.05) is 41.5 Å². The van der Waals surface area contributed by atoms with Crippen molar-refractivity contribution >= 4 is 5.96 Å². The molecule has 1 heterocycles. The molecule has 0 amide bonds. The van der Waals surface area contributed by atoms with Crippen LogP contribution in [-0.2, 0) is 6.54 Å². The van der Waals surface area contributed by atoms with E-state index in [1.165, 1.54) is 19.3 Å². The first-order chi connectivity index (χ1) is 13.1. The number of ether oxygens (including phenoxy) is 3. The van der Waals surface area contributed by atoms with Gasteiger partial charge in [0.2, 0.25) is 5.75 Å². The van der Waals surface area contributed by atoms with Crippen molar-refractivity contribution < 1.29 is 14.2 Å². The highest BCUT2D eigenvalue weighted by Gasteiger charge is 2.29. The molecule has 0 aromatic heterocycles. The van der Waals surface area contributed by atoms with E-state index in [1.807, 2.05) is 19.2 Å². The number of hydrogen-bond donors (Lipinski definition) is 1. The van der Waals surface area contributed by atoms with Gasteiger partial charge in [-0.15, -0.1) is 0 Å². The summed E-state index contributed by atoms with van der Waals surface area (Å²) in [5.74, 6) is 4.48. The number of aliphatic imine (C=N–C) groups is 1. The van der Waals surface area contributed by atoms with E-state index in [1.54, 1.807) is 21.3 Å². The monoisotopic (exact) mass is 377 g/mol. The minimum absolute atomic E-state index is 0.613. The van der Waals surface area contributed by atoms with E-state index >= 15 is 0 Å². The highest BCUT2D eigenvalue weighted by molar-refractivity contribution is 5.80. The molecule has 27 heavy (non-hydrogen) atoms. The fourth-order valence-corrected chi connectivity index (χ4v) is 4.13. The second-order valence-electron chi connectivity index (χ2n) is 6.97. The maximum atomic E-state index is 5.58. The maximum Gasteiger partial charge on any atom is 0.203 e. The van der Waals surface area contributed by atoms with E-state index in [-0.39, 0.29) is 0 Å². The van der Waals surface area contributed by atoms with Crippen molar-refractivity contribution in [3.05, 3.63) is 17.7 Å². The number of likely N-dealkylation sites (tertiary alicyclic amines) is 1. The van der Waals surface area contributed by atoms with Crippen molar-refractivity contribution in [1.29, 1.82) is 0 Å². The van der Waals surface area contributed by atoms with Gasteiger partial charge in [0, 0.05) is 32.2 Å². The predicted octanol–water partition coefficient (Wildman–Crippen LogP) is 3.55. The average Bonchev–Trinajstić information content (AvgIpc) is 3.18. The molecule has 0 aliphatic carbocycles. The topological polar surface area (TPSA) is 55.3 Å². The zero-order valence-corrected chi connectivity index (χ0v) is 17.7. The Bertz CT molecular complexity index is 629. The Kier molecular flexibility index (Phi) is 8.07. The van der Waals surface area contributed by atoms with Gasteiger partial charge in [0.05, 0.1) is 21.3 Å². The SMILES string of the molecule is CCC(CC)C1CCN(C(=NC)NCc2ccc(OC)c(OC)c2OC)C1. The van der Waals surface area contributed by atoms with Crippen molar-refractivity contribution in [3.8, 4) is 17.2 Å². The number of rotatable bonds is 8. The first-order valence-electron chi connectivity index (χ1n) is 9.86. The van der Waals surface area contributed by atoms with Crippen molar-refractivity contribution in [2.24, 2.45) is 16.8 Å². The summed E-state index contributed by atoms with van der Waals surface area (Å²) >= 11 is 0. The highest BCUT2D eigenvalue weighted by Crippen LogP contribution is 2.39. The summed E-state index contributed by atoms with van der Waals surface area (Å²) < 4.78 is 16.4. The lowest BCUT2D eigenvalue weighted by Gasteiger charge is -2.24. The van der Waals surface area contributed by atoms with E-state index in [9.17, 15) is 0 Å². The first kappa shape index (κ1) is 21.2. The molecule has 0 spiro atoms. The van der Waals surface area contributed by atoms with Crippen LogP contribution in [0.1, 0.15) is 38.7 Å². The fraction of sp³-hybridized carbons (Fsp3) is 0.667. The molecule has 0 radical (unpaired) electrons. The van der Waals surface area contributed by atoms with Gasteiger partial charge in [0.25, 0.3) is 0 Å². The van der Waals surface area contributed by atoms with Crippen LogP contribution < -0.4 is 19.5 Å². The van der Waals surface area contributed by atoms with Crippen LogP contribution in [0.3, 0.4) is 0 Å². The largest absolute Gasteiger partial charge is 0.493 e. The van der Waals surface area contributed by atoms with Gasteiger partial charge in [0.1, 0.15) is 0 Å². The quantitative estimate of drug-likeness (QED) is 0.555. The number of guanidine groups is 1. The molecule has 1 N–H and O–H groups in total. The van der Waals surface area contributed by atoms with Crippen LogP contribution in [0.4, 0.5) is 0 Å². The molecule has 1 aliphatic rings. The smallest absolute Gasteiger partial charge is 0.203 e. The molecule has 1 fully saturated rings. The maximum absolute atomic E-state index is 5.58. The van der Waals surface area contributed by atoms with Crippen LogP contribution >= 0.6 is 0 Å². The van der Waals surface area contributed by atoms with Crippen molar-refractivity contribution in [2.45, 2.75) is 39.7 Å². The highest BCUT2D eigenvalue weighted by atomic mass is 16.5. The Balaban J connectivity index is 2.07. The molecule has 6 heteroatoms.